The first-order valence-electron chi connectivity index (χ1n) is 18.8. The molecule has 2 aromatic heterocycles. The minimum atomic E-state index is -0.966. The summed E-state index contributed by atoms with van der Waals surface area (Å²) in [5.74, 6) is -0.956. The second-order valence-corrected chi connectivity index (χ2v) is 15.9. The van der Waals surface area contributed by atoms with Crippen LogP contribution in [-0.2, 0) is 9.59 Å². The number of nitrogens with two attached hydrogens (primary N) is 1. The third kappa shape index (κ3) is 7.39. The molecule has 5 N–H and O–H groups in total. The Bertz CT molecular complexity index is 1980. The van der Waals surface area contributed by atoms with Gasteiger partial charge in [-0.25, -0.2) is 9.97 Å². The molecule has 0 aliphatic carbocycles. The van der Waals surface area contributed by atoms with Crippen LogP contribution in [0.2, 0.25) is 0 Å². The van der Waals surface area contributed by atoms with E-state index in [-0.39, 0.29) is 24.4 Å². The molecule has 5 aliphatic heterocycles. The lowest BCUT2D eigenvalue weighted by Crippen LogP contribution is -2.54. The highest BCUT2D eigenvalue weighted by Crippen LogP contribution is 2.33. The maximum Gasteiger partial charge on any atom is 0.271 e. The molecule has 16 nitrogen and oxygen atoms in total. The number of likely N-dealkylation sites (tertiary alicyclic amines) is 1. The zero-order valence-electron chi connectivity index (χ0n) is 30.3. The van der Waals surface area contributed by atoms with Crippen LogP contribution in [0.1, 0.15) is 81.8 Å². The van der Waals surface area contributed by atoms with Gasteiger partial charge in [0.15, 0.2) is 11.5 Å². The number of hydrogen-bond donors (Lipinski definition) is 4. The van der Waals surface area contributed by atoms with E-state index in [2.05, 4.69) is 40.0 Å². The number of nitrogens with one attached hydrogen (secondary N) is 3. The van der Waals surface area contributed by atoms with Crippen LogP contribution in [-0.4, -0.2) is 118 Å². The van der Waals surface area contributed by atoms with Crippen LogP contribution in [0.5, 0.6) is 0 Å². The molecule has 1 aromatic carbocycles. The van der Waals surface area contributed by atoms with Gasteiger partial charge in [0.05, 0.1) is 23.0 Å². The van der Waals surface area contributed by atoms with Gasteiger partial charge in [0.25, 0.3) is 17.7 Å². The smallest absolute Gasteiger partial charge is 0.271 e. The molecule has 0 radical (unpaired) electrons. The first kappa shape index (κ1) is 36.0. The van der Waals surface area contributed by atoms with E-state index in [9.17, 15) is 24.0 Å². The monoisotopic (exact) mass is 755 g/mol. The zero-order valence-corrected chi connectivity index (χ0v) is 31.1. The van der Waals surface area contributed by atoms with Crippen molar-refractivity contribution in [1.82, 2.24) is 34.8 Å². The van der Waals surface area contributed by atoms with Crippen LogP contribution >= 0.6 is 11.5 Å². The predicted molar refractivity (Wildman–Crippen MR) is 202 cm³/mol. The number of benzene rings is 1. The van der Waals surface area contributed by atoms with E-state index in [1.165, 1.54) is 11.5 Å². The number of anilines is 4. The number of primary amides is 1. The fraction of sp³-hybridized carbons (Fsp3) is 0.514. The van der Waals surface area contributed by atoms with Crippen LogP contribution in [0.15, 0.2) is 30.5 Å². The third-order valence-corrected chi connectivity index (χ3v) is 12.1. The van der Waals surface area contributed by atoms with Crippen LogP contribution in [0.3, 0.4) is 0 Å². The number of imide groups is 2. The van der Waals surface area contributed by atoms with E-state index in [0.29, 0.717) is 40.8 Å². The molecule has 17 heteroatoms. The molecule has 0 bridgehead atoms. The quantitative estimate of drug-likeness (QED) is 0.220. The average Bonchev–Trinajstić information content (AvgIpc) is 3.85. The van der Waals surface area contributed by atoms with E-state index in [4.69, 9.17) is 10.7 Å². The van der Waals surface area contributed by atoms with Gasteiger partial charge in [0, 0.05) is 63.5 Å². The second-order valence-electron chi connectivity index (χ2n) is 15.1. The predicted octanol–water partition coefficient (Wildman–Crippen LogP) is 2.03. The number of piperidine rings is 3. The van der Waals surface area contributed by atoms with Gasteiger partial charge in [-0.1, -0.05) is 0 Å². The average molecular weight is 756 g/mol. The molecule has 0 saturated carbocycles. The van der Waals surface area contributed by atoms with Crippen LogP contribution in [0.25, 0.3) is 0 Å². The number of carbonyl (C=O) groups is 5. The number of rotatable bonds is 10. The molecule has 7 heterocycles. The van der Waals surface area contributed by atoms with Crippen molar-refractivity contribution in [3.05, 3.63) is 53.0 Å². The summed E-state index contributed by atoms with van der Waals surface area (Å²) in [4.78, 5) is 79.9. The number of hydrogen-bond acceptors (Lipinski definition) is 14. The van der Waals surface area contributed by atoms with Gasteiger partial charge in [-0.15, -0.1) is 0 Å². The maximum atomic E-state index is 13.3. The molecule has 5 amide bonds. The molecule has 0 spiro atoms. The Morgan fingerprint density at radius 3 is 2.50 bits per heavy atom. The Labute approximate surface area is 317 Å². The second kappa shape index (κ2) is 15.0. The summed E-state index contributed by atoms with van der Waals surface area (Å²) in [6, 6.07) is 7.03. The maximum absolute atomic E-state index is 13.3. The first-order chi connectivity index (χ1) is 26.1. The molecule has 4 fully saturated rings. The Balaban J connectivity index is 0.814. The summed E-state index contributed by atoms with van der Waals surface area (Å²) in [6.07, 6.45) is 7.15. The van der Waals surface area contributed by atoms with Crippen molar-refractivity contribution in [3.63, 3.8) is 0 Å². The van der Waals surface area contributed by atoms with Crippen molar-refractivity contribution in [2.75, 3.05) is 60.9 Å². The fourth-order valence-corrected chi connectivity index (χ4v) is 9.18. The van der Waals surface area contributed by atoms with Gasteiger partial charge in [0.1, 0.15) is 16.9 Å². The molecule has 5 aliphatic rings. The molecule has 8 rings (SSSR count). The summed E-state index contributed by atoms with van der Waals surface area (Å²) < 4.78 is 4.30. The van der Waals surface area contributed by atoms with Crippen LogP contribution < -0.4 is 31.5 Å². The highest BCUT2D eigenvalue weighted by atomic mass is 32.1. The third-order valence-electron chi connectivity index (χ3n) is 11.3. The fourth-order valence-electron chi connectivity index (χ4n) is 8.52. The first-order valence-corrected chi connectivity index (χ1v) is 19.6. The van der Waals surface area contributed by atoms with E-state index in [1.54, 1.807) is 18.3 Å². The molecule has 2 unspecified atom stereocenters. The van der Waals surface area contributed by atoms with Crippen molar-refractivity contribution in [1.29, 1.82) is 0 Å². The Hall–Kier alpha value is -5.00. The topological polar surface area (TPSA) is 199 Å². The minimum absolute atomic E-state index is 0.0967. The van der Waals surface area contributed by atoms with Gasteiger partial charge in [0.2, 0.25) is 11.8 Å². The van der Waals surface area contributed by atoms with Gasteiger partial charge in [-0.3, -0.25) is 34.2 Å². The molecule has 3 atom stereocenters. The van der Waals surface area contributed by atoms with Gasteiger partial charge in [-0.2, -0.15) is 4.37 Å². The number of amides is 5. The summed E-state index contributed by atoms with van der Waals surface area (Å²) in [6.45, 7) is 8.42. The molecule has 3 aromatic rings. The van der Waals surface area contributed by atoms with E-state index in [0.717, 1.165) is 99.2 Å². The Morgan fingerprint density at radius 2 is 1.74 bits per heavy atom. The summed E-state index contributed by atoms with van der Waals surface area (Å²) in [5, 5.41) is 10.1. The largest absolute Gasteiger partial charge is 0.371 e. The number of carbonyl (C=O) groups excluding carboxylic acids is 5. The summed E-state index contributed by atoms with van der Waals surface area (Å²) in [7, 11) is 0. The zero-order chi connectivity index (χ0) is 37.5. The van der Waals surface area contributed by atoms with E-state index in [1.807, 2.05) is 19.1 Å². The van der Waals surface area contributed by atoms with Gasteiger partial charge in [-0.05, 0) is 93.7 Å². The van der Waals surface area contributed by atoms with Crippen molar-refractivity contribution in [3.8, 4) is 0 Å². The lowest BCUT2D eigenvalue weighted by molar-refractivity contribution is -0.136. The molecule has 284 valence electrons. The summed E-state index contributed by atoms with van der Waals surface area (Å²) in [5.41, 5.74) is 8.12. The highest BCUT2D eigenvalue weighted by molar-refractivity contribution is 7.10. The van der Waals surface area contributed by atoms with Crippen LogP contribution in [0.4, 0.5) is 22.3 Å². The van der Waals surface area contributed by atoms with Crippen molar-refractivity contribution >= 4 is 63.4 Å². The number of nitrogens with zero attached hydrogens (tertiary/aromatic N) is 7. The van der Waals surface area contributed by atoms with E-state index < -0.39 is 29.7 Å². The SMILES string of the molecule is Cc1cc(Nc2nc(N3CCC[C@@H](NC4CCN(CC5CCN(c6ccc7c(c6)C(=O)N(C6CCC(=O)NC6=O)C7=O)CC5)C4)C3)cnc2C(N)=O)sn1. The molecular weight excluding hydrogens is 711 g/mol. The normalized spacial score (nSPS) is 23.9. The standard InChI is InChI=1S/C37H45N11O5S/c1-21-15-31(54-44-21)43-34-32(33(38)50)39-17-29(41-34)47-11-2-3-23(20-47)40-24-10-12-45(19-24)18-22-8-13-46(14-9-22)25-4-5-26-27(16-25)37(53)48(36(26)52)28-6-7-30(49)42-35(28)51/h4-5,15-17,22-24,28,40H,2-3,6-14,18-20H2,1H3,(H2,38,50)(H,41,43)(H,42,49,51)/t23-,24?,28?/m1/s1. The molecule has 54 heavy (non-hydrogen) atoms. The highest BCUT2D eigenvalue weighted by Gasteiger charge is 2.45. The Kier molecular flexibility index (Phi) is 10.0. The Morgan fingerprint density at radius 1 is 0.944 bits per heavy atom. The molecular formula is C37H45N11O5S. The lowest BCUT2D eigenvalue weighted by atomic mass is 9.95. The molecule has 4 saturated heterocycles. The number of aryl methyl sites for hydroxylation is 1. The number of aromatic nitrogens is 3. The number of fused-ring (bicyclic) bond motifs is 1. The van der Waals surface area contributed by atoms with Crippen molar-refractivity contribution < 1.29 is 24.0 Å². The van der Waals surface area contributed by atoms with Crippen LogP contribution in [0, 0.1) is 12.8 Å². The van der Waals surface area contributed by atoms with Gasteiger partial charge < -0.3 is 31.1 Å². The van der Waals surface area contributed by atoms with E-state index >= 15 is 0 Å². The summed E-state index contributed by atoms with van der Waals surface area (Å²) >= 11 is 1.29. The van der Waals surface area contributed by atoms with Crippen molar-refractivity contribution in [2.45, 2.75) is 70.0 Å². The minimum Gasteiger partial charge on any atom is -0.371 e. The van der Waals surface area contributed by atoms with Gasteiger partial charge >= 0.3 is 0 Å². The lowest BCUT2D eigenvalue weighted by Gasteiger charge is -2.36. The van der Waals surface area contributed by atoms with Crippen molar-refractivity contribution in [2.24, 2.45) is 11.7 Å².